The van der Waals surface area contributed by atoms with Crippen molar-refractivity contribution >= 4 is 104 Å². The Bertz CT molecular complexity index is 4880. The van der Waals surface area contributed by atoms with Crippen molar-refractivity contribution in [2.75, 3.05) is 9.80 Å². The molecule has 0 N–H and O–H groups in total. The lowest BCUT2D eigenvalue weighted by molar-refractivity contribution is 0.460. The number of anilines is 6. The van der Waals surface area contributed by atoms with E-state index in [9.17, 15) is 0 Å². The van der Waals surface area contributed by atoms with E-state index in [1.165, 1.54) is 54.1 Å². The summed E-state index contributed by atoms with van der Waals surface area (Å²) in [5.74, 6) is 6.43. The Balaban J connectivity index is 0.792. The first-order valence-electron chi connectivity index (χ1n) is 32.2. The Hall–Kier alpha value is -10.5. The standard InChI is InChI=1S/C84H58B2N2O4S2/c1-83(2)63-39-41-67-81(77(63)61-37-35-55(43-65(61)83)87(51-23-11-5-12-24-51)52-25-13-6-14-26-52)91-71-45-59(89-57-31-19-9-20-32-57)47-75-79(71)85(67)69-49-70-74(50-73(69)93-75)94-76-48-60(90-58-33-21-10-22-34-58)46-72-80(76)86(70)68-42-40-64-78(82(68)92-72)62-38-36-56(44-66(62)84(64,3)4)88(53-27-15-7-16-28-53)54-29-17-8-18-30-54/h5-50H,1-4H3. The maximum Gasteiger partial charge on any atom is 0.253 e. The molecule has 94 heavy (non-hydrogen) atoms. The second-order valence-corrected chi connectivity index (χ2v) is 28.4. The number of fused-ring (bicyclic) bond motifs is 16. The van der Waals surface area contributed by atoms with Crippen LogP contribution in [-0.4, -0.2) is 13.4 Å². The largest absolute Gasteiger partial charge is 0.458 e. The topological polar surface area (TPSA) is 43.4 Å². The molecular weight excluding hydrogens is 1190 g/mol. The zero-order valence-electron chi connectivity index (χ0n) is 52.1. The number of hydrogen-bond donors (Lipinski definition) is 0. The molecule has 0 saturated carbocycles. The van der Waals surface area contributed by atoms with Gasteiger partial charge in [0, 0.05) is 87.8 Å². The molecule has 0 radical (unpaired) electrons. The van der Waals surface area contributed by atoms with Crippen LogP contribution in [0.4, 0.5) is 34.1 Å². The van der Waals surface area contributed by atoms with Crippen molar-refractivity contribution in [1.29, 1.82) is 0 Å². The van der Waals surface area contributed by atoms with Crippen molar-refractivity contribution in [1.82, 2.24) is 0 Å². The number of hydrogen-bond acceptors (Lipinski definition) is 8. The van der Waals surface area contributed by atoms with Crippen molar-refractivity contribution < 1.29 is 18.9 Å². The molecule has 2 aliphatic carbocycles. The molecule has 0 amide bonds. The average Bonchev–Trinajstić information content (AvgIpc) is 1.32. The monoisotopic (exact) mass is 1240 g/mol. The number of nitrogens with zero attached hydrogens (tertiary/aromatic N) is 2. The molecular formula is C84H58B2N2O4S2. The Morgan fingerprint density at radius 1 is 0.309 bits per heavy atom. The molecule has 0 spiro atoms. The van der Waals surface area contributed by atoms with Gasteiger partial charge in [-0.2, -0.15) is 0 Å². The van der Waals surface area contributed by atoms with E-state index in [4.69, 9.17) is 18.9 Å². The van der Waals surface area contributed by atoms with Gasteiger partial charge >= 0.3 is 0 Å². The van der Waals surface area contributed by atoms with Gasteiger partial charge in [0.2, 0.25) is 0 Å². The first-order valence-corrected chi connectivity index (χ1v) is 33.9. The average molecular weight is 1250 g/mol. The molecule has 0 atom stereocenters. The SMILES string of the molecule is CC1(C)c2cc(N(c3ccccc3)c3ccccc3)ccc2-c2c1ccc1c2Oc2cc(Oc3ccccc3)cc3c2B1c1cc2c(cc1S3)Sc1cc(Oc3ccccc3)cc3c1B2c1ccc2c(c1O3)-c1ccc(N(c3ccccc3)c3ccccc3)cc1C2(C)C. The summed E-state index contributed by atoms with van der Waals surface area (Å²) in [5.41, 5.74) is 22.7. The molecule has 0 saturated heterocycles. The van der Waals surface area contributed by atoms with Gasteiger partial charge in [0.1, 0.15) is 46.0 Å². The third-order valence-electron chi connectivity index (χ3n) is 20.1. The maximum atomic E-state index is 7.57. The molecule has 6 aliphatic rings. The highest BCUT2D eigenvalue weighted by Crippen LogP contribution is 2.58. The molecule has 10 heteroatoms. The predicted octanol–water partition coefficient (Wildman–Crippen LogP) is 19.0. The fourth-order valence-corrected chi connectivity index (χ4v) is 18.3. The summed E-state index contributed by atoms with van der Waals surface area (Å²) < 4.78 is 28.7. The van der Waals surface area contributed by atoms with Crippen LogP contribution in [0.2, 0.25) is 0 Å². The molecule has 0 aromatic heterocycles. The number of para-hydroxylation sites is 6. The normalized spacial score (nSPS) is 14.4. The van der Waals surface area contributed by atoms with Crippen molar-refractivity contribution in [3.63, 3.8) is 0 Å². The van der Waals surface area contributed by atoms with E-state index >= 15 is 0 Å². The second-order valence-electron chi connectivity index (χ2n) is 26.2. The Kier molecular flexibility index (Phi) is 12.3. The molecule has 0 bridgehead atoms. The van der Waals surface area contributed by atoms with Gasteiger partial charge in [0.25, 0.3) is 13.4 Å². The van der Waals surface area contributed by atoms with Crippen LogP contribution in [0.25, 0.3) is 22.3 Å². The van der Waals surface area contributed by atoms with Crippen LogP contribution in [0.1, 0.15) is 49.9 Å². The van der Waals surface area contributed by atoms with Gasteiger partial charge in [-0.25, -0.2) is 0 Å². The van der Waals surface area contributed by atoms with Gasteiger partial charge in [-0.1, -0.05) is 214 Å². The summed E-state index contributed by atoms with van der Waals surface area (Å²) in [6, 6.07) is 100. The lowest BCUT2D eigenvalue weighted by Gasteiger charge is -2.38. The third kappa shape index (κ3) is 8.48. The molecule has 13 aromatic carbocycles. The molecule has 13 aromatic rings. The van der Waals surface area contributed by atoms with Gasteiger partial charge < -0.3 is 28.7 Å². The van der Waals surface area contributed by atoms with Gasteiger partial charge in [-0.05, 0) is 170 Å². The van der Waals surface area contributed by atoms with E-state index in [0.717, 1.165) is 123 Å². The number of rotatable bonds is 10. The van der Waals surface area contributed by atoms with Crippen molar-refractivity contribution in [2.24, 2.45) is 0 Å². The summed E-state index contributed by atoms with van der Waals surface area (Å²) in [4.78, 5) is 9.37. The van der Waals surface area contributed by atoms with Crippen LogP contribution in [0.5, 0.6) is 46.0 Å². The molecule has 19 rings (SSSR count). The van der Waals surface area contributed by atoms with Crippen LogP contribution in [0.3, 0.4) is 0 Å². The van der Waals surface area contributed by atoms with E-state index in [-0.39, 0.29) is 24.3 Å². The van der Waals surface area contributed by atoms with Crippen LogP contribution >= 0.6 is 23.5 Å². The summed E-state index contributed by atoms with van der Waals surface area (Å²) in [6.45, 7) is 9.15. The number of benzene rings is 13. The lowest BCUT2D eigenvalue weighted by atomic mass is 9.32. The van der Waals surface area contributed by atoms with Gasteiger partial charge in [-0.3, -0.25) is 0 Å². The zero-order valence-corrected chi connectivity index (χ0v) is 53.7. The first kappa shape index (κ1) is 55.2. The van der Waals surface area contributed by atoms with Crippen LogP contribution in [0, 0.1) is 0 Å². The van der Waals surface area contributed by atoms with E-state index in [1.54, 1.807) is 0 Å². The summed E-state index contributed by atoms with van der Waals surface area (Å²) in [6.07, 6.45) is 0. The quantitative estimate of drug-likeness (QED) is 0.126. The summed E-state index contributed by atoms with van der Waals surface area (Å²) in [7, 11) is 0. The van der Waals surface area contributed by atoms with E-state index in [2.05, 4.69) is 256 Å². The Morgan fingerprint density at radius 2 is 0.670 bits per heavy atom. The minimum atomic E-state index is -0.352. The van der Waals surface area contributed by atoms with E-state index < -0.39 is 0 Å². The summed E-state index contributed by atoms with van der Waals surface area (Å²) >= 11 is 3.62. The smallest absolute Gasteiger partial charge is 0.253 e. The molecule has 0 unspecified atom stereocenters. The molecule has 446 valence electrons. The van der Waals surface area contributed by atoms with Crippen LogP contribution < -0.4 is 61.5 Å². The molecule has 4 aliphatic heterocycles. The first-order chi connectivity index (χ1) is 46.1. The molecule has 4 heterocycles. The van der Waals surface area contributed by atoms with Crippen molar-refractivity contribution in [2.45, 2.75) is 58.1 Å². The van der Waals surface area contributed by atoms with Crippen LogP contribution in [0.15, 0.2) is 299 Å². The van der Waals surface area contributed by atoms with Crippen molar-refractivity contribution in [3.8, 4) is 68.2 Å². The van der Waals surface area contributed by atoms with Gasteiger partial charge in [0.05, 0.1) is 0 Å². The van der Waals surface area contributed by atoms with Crippen molar-refractivity contribution in [3.05, 3.63) is 301 Å². The predicted molar refractivity (Wildman–Crippen MR) is 387 cm³/mol. The van der Waals surface area contributed by atoms with Gasteiger partial charge in [0.15, 0.2) is 0 Å². The fourth-order valence-electron chi connectivity index (χ4n) is 15.8. The van der Waals surface area contributed by atoms with Crippen LogP contribution in [-0.2, 0) is 10.8 Å². The number of ether oxygens (including phenoxy) is 4. The third-order valence-corrected chi connectivity index (χ3v) is 22.4. The lowest BCUT2D eigenvalue weighted by Crippen LogP contribution is -2.62. The Morgan fingerprint density at radius 3 is 1.04 bits per heavy atom. The minimum Gasteiger partial charge on any atom is -0.458 e. The highest BCUT2D eigenvalue weighted by atomic mass is 32.2. The molecule has 0 fully saturated rings. The highest BCUT2D eigenvalue weighted by molar-refractivity contribution is 8.01. The van der Waals surface area contributed by atoms with E-state index in [0.29, 0.717) is 0 Å². The molecule has 6 nitrogen and oxygen atoms in total. The fraction of sp³-hybridized carbons (Fsp3) is 0.0714. The zero-order chi connectivity index (χ0) is 62.6. The maximum absolute atomic E-state index is 7.57. The second kappa shape index (κ2) is 21.0. The summed E-state index contributed by atoms with van der Waals surface area (Å²) in [5, 5.41) is 0. The van der Waals surface area contributed by atoms with Gasteiger partial charge in [-0.15, -0.1) is 0 Å². The van der Waals surface area contributed by atoms with E-state index in [1.807, 2.05) is 84.2 Å². The Labute approximate surface area is 556 Å². The minimum absolute atomic E-state index is 0.162. The highest BCUT2D eigenvalue weighted by Gasteiger charge is 2.49.